The number of aromatic nitrogens is 3. The third-order valence-corrected chi connectivity index (χ3v) is 1.58. The van der Waals surface area contributed by atoms with Crippen molar-refractivity contribution in [3.8, 4) is 5.95 Å². The lowest BCUT2D eigenvalue weighted by atomic mass is 10.5. The van der Waals surface area contributed by atoms with Gasteiger partial charge in [-0.15, -0.1) is 0 Å². The molecule has 4 heteroatoms. The third kappa shape index (κ3) is 1.61. The molecule has 0 aliphatic rings. The Labute approximate surface area is 74.5 Å². The first-order valence-electron chi connectivity index (χ1n) is 3.82. The lowest BCUT2D eigenvalue weighted by molar-refractivity contribution is 0.916. The SMILES string of the molecule is O=c1ccn(-c2ncccn2)cc1. The van der Waals surface area contributed by atoms with Crippen molar-refractivity contribution in [2.75, 3.05) is 0 Å². The van der Waals surface area contributed by atoms with Crippen molar-refractivity contribution in [1.82, 2.24) is 14.5 Å². The molecule has 2 rings (SSSR count). The van der Waals surface area contributed by atoms with Gasteiger partial charge in [0.05, 0.1) is 0 Å². The maximum absolute atomic E-state index is 10.8. The van der Waals surface area contributed by atoms with E-state index in [1.165, 1.54) is 12.1 Å². The molecule has 13 heavy (non-hydrogen) atoms. The Bertz CT molecular complexity index is 429. The molecule has 0 atom stereocenters. The van der Waals surface area contributed by atoms with Crippen LogP contribution in [0.3, 0.4) is 0 Å². The van der Waals surface area contributed by atoms with E-state index in [1.54, 1.807) is 35.4 Å². The number of nitrogens with zero attached hydrogens (tertiary/aromatic N) is 3. The van der Waals surface area contributed by atoms with E-state index in [2.05, 4.69) is 9.97 Å². The molecule has 2 aromatic rings. The summed E-state index contributed by atoms with van der Waals surface area (Å²) >= 11 is 0. The van der Waals surface area contributed by atoms with Crippen molar-refractivity contribution in [3.63, 3.8) is 0 Å². The molecule has 0 radical (unpaired) electrons. The van der Waals surface area contributed by atoms with Crippen molar-refractivity contribution in [1.29, 1.82) is 0 Å². The fourth-order valence-corrected chi connectivity index (χ4v) is 0.971. The topological polar surface area (TPSA) is 47.8 Å². The lowest BCUT2D eigenvalue weighted by Gasteiger charge is -2.00. The highest BCUT2D eigenvalue weighted by atomic mass is 16.1. The number of hydrogen-bond donors (Lipinski definition) is 0. The van der Waals surface area contributed by atoms with Gasteiger partial charge in [0, 0.05) is 36.9 Å². The van der Waals surface area contributed by atoms with E-state index in [0.29, 0.717) is 5.95 Å². The zero-order valence-corrected chi connectivity index (χ0v) is 6.79. The summed E-state index contributed by atoms with van der Waals surface area (Å²) in [7, 11) is 0. The van der Waals surface area contributed by atoms with Gasteiger partial charge in [-0.2, -0.15) is 0 Å². The Morgan fingerprint density at radius 1 is 1.08 bits per heavy atom. The van der Waals surface area contributed by atoms with E-state index in [1.807, 2.05) is 0 Å². The Kier molecular flexibility index (Phi) is 1.88. The predicted octanol–water partition coefficient (Wildman–Crippen LogP) is 0.628. The standard InChI is InChI=1S/C9H7N3O/c13-8-2-6-12(7-3-8)9-10-4-1-5-11-9/h1-7H. The highest BCUT2D eigenvalue weighted by molar-refractivity contribution is 5.11. The second-order valence-electron chi connectivity index (χ2n) is 2.49. The Morgan fingerprint density at radius 2 is 1.69 bits per heavy atom. The normalized spacial score (nSPS) is 9.85. The number of pyridine rings is 1. The average molecular weight is 173 g/mol. The molecule has 4 nitrogen and oxygen atoms in total. The molecule has 0 aromatic carbocycles. The molecule has 0 aliphatic heterocycles. The third-order valence-electron chi connectivity index (χ3n) is 1.58. The monoisotopic (exact) mass is 173 g/mol. The summed E-state index contributed by atoms with van der Waals surface area (Å²) < 4.78 is 1.68. The largest absolute Gasteiger partial charge is 0.293 e. The van der Waals surface area contributed by atoms with E-state index in [9.17, 15) is 4.79 Å². The summed E-state index contributed by atoms with van der Waals surface area (Å²) in [6.45, 7) is 0. The van der Waals surface area contributed by atoms with E-state index < -0.39 is 0 Å². The van der Waals surface area contributed by atoms with Crippen LogP contribution in [0.5, 0.6) is 0 Å². The van der Waals surface area contributed by atoms with Crippen molar-refractivity contribution in [2.24, 2.45) is 0 Å². The van der Waals surface area contributed by atoms with Gasteiger partial charge in [-0.3, -0.25) is 9.36 Å². The fraction of sp³-hybridized carbons (Fsp3) is 0. The summed E-state index contributed by atoms with van der Waals surface area (Å²) in [5.74, 6) is 0.558. The van der Waals surface area contributed by atoms with Gasteiger partial charge < -0.3 is 0 Å². The highest BCUT2D eigenvalue weighted by Crippen LogP contribution is 1.95. The Hall–Kier alpha value is -1.97. The van der Waals surface area contributed by atoms with E-state index >= 15 is 0 Å². The van der Waals surface area contributed by atoms with Crippen LogP contribution in [0, 0.1) is 0 Å². The molecule has 2 heterocycles. The average Bonchev–Trinajstić information content (AvgIpc) is 2.20. The minimum absolute atomic E-state index is 0.0211. The molecule has 0 aliphatic carbocycles. The minimum Gasteiger partial charge on any atom is -0.293 e. The molecule has 0 bridgehead atoms. The van der Waals surface area contributed by atoms with Gasteiger partial charge in [0.1, 0.15) is 0 Å². The molecular weight excluding hydrogens is 166 g/mol. The van der Waals surface area contributed by atoms with Crippen LogP contribution in [0.4, 0.5) is 0 Å². The molecular formula is C9H7N3O. The van der Waals surface area contributed by atoms with Gasteiger partial charge in [-0.25, -0.2) is 9.97 Å². The van der Waals surface area contributed by atoms with Crippen LogP contribution in [0.1, 0.15) is 0 Å². The van der Waals surface area contributed by atoms with Crippen LogP contribution in [0.2, 0.25) is 0 Å². The molecule has 0 spiro atoms. The maximum Gasteiger partial charge on any atom is 0.233 e. The fourth-order valence-electron chi connectivity index (χ4n) is 0.971. The smallest absolute Gasteiger partial charge is 0.233 e. The Balaban J connectivity index is 2.48. The first kappa shape index (κ1) is 7.67. The zero-order chi connectivity index (χ0) is 9.10. The van der Waals surface area contributed by atoms with Crippen LogP contribution in [0.15, 0.2) is 47.8 Å². The minimum atomic E-state index is -0.0211. The number of hydrogen-bond acceptors (Lipinski definition) is 3. The van der Waals surface area contributed by atoms with Crippen molar-refractivity contribution in [3.05, 3.63) is 53.2 Å². The lowest BCUT2D eigenvalue weighted by Crippen LogP contribution is -2.04. The molecule has 0 amide bonds. The second-order valence-corrected chi connectivity index (χ2v) is 2.49. The van der Waals surface area contributed by atoms with Gasteiger partial charge in [0.25, 0.3) is 0 Å². The van der Waals surface area contributed by atoms with Gasteiger partial charge in [0.15, 0.2) is 5.43 Å². The van der Waals surface area contributed by atoms with Crippen LogP contribution in [-0.2, 0) is 0 Å². The van der Waals surface area contributed by atoms with Gasteiger partial charge in [-0.05, 0) is 6.07 Å². The van der Waals surface area contributed by atoms with Crippen LogP contribution in [0.25, 0.3) is 5.95 Å². The van der Waals surface area contributed by atoms with Crippen LogP contribution in [-0.4, -0.2) is 14.5 Å². The first-order valence-corrected chi connectivity index (χ1v) is 3.82. The molecule has 0 fully saturated rings. The van der Waals surface area contributed by atoms with Crippen LogP contribution < -0.4 is 5.43 Å². The molecule has 2 aromatic heterocycles. The van der Waals surface area contributed by atoms with Gasteiger partial charge >= 0.3 is 0 Å². The first-order chi connectivity index (χ1) is 6.36. The molecule has 64 valence electrons. The van der Waals surface area contributed by atoms with E-state index in [-0.39, 0.29) is 5.43 Å². The summed E-state index contributed by atoms with van der Waals surface area (Å²) in [6.07, 6.45) is 6.58. The quantitative estimate of drug-likeness (QED) is 0.635. The van der Waals surface area contributed by atoms with Crippen molar-refractivity contribution < 1.29 is 0 Å². The summed E-state index contributed by atoms with van der Waals surface area (Å²) in [5, 5.41) is 0. The second kappa shape index (κ2) is 3.18. The predicted molar refractivity (Wildman–Crippen MR) is 47.6 cm³/mol. The van der Waals surface area contributed by atoms with Crippen molar-refractivity contribution in [2.45, 2.75) is 0 Å². The van der Waals surface area contributed by atoms with Gasteiger partial charge in [0.2, 0.25) is 5.95 Å². The molecule has 0 saturated heterocycles. The molecule has 0 unspecified atom stereocenters. The Morgan fingerprint density at radius 3 is 2.31 bits per heavy atom. The summed E-state index contributed by atoms with van der Waals surface area (Å²) in [4.78, 5) is 18.9. The van der Waals surface area contributed by atoms with E-state index in [4.69, 9.17) is 0 Å². The summed E-state index contributed by atoms with van der Waals surface area (Å²) in [5.41, 5.74) is -0.0211. The molecule has 0 N–H and O–H groups in total. The summed E-state index contributed by atoms with van der Waals surface area (Å²) in [6, 6.07) is 4.68. The van der Waals surface area contributed by atoms with Crippen molar-refractivity contribution >= 4 is 0 Å². The molecule has 0 saturated carbocycles. The zero-order valence-electron chi connectivity index (χ0n) is 6.79. The number of rotatable bonds is 1. The van der Waals surface area contributed by atoms with E-state index in [0.717, 1.165) is 0 Å². The van der Waals surface area contributed by atoms with Crippen LogP contribution >= 0.6 is 0 Å². The maximum atomic E-state index is 10.8. The highest BCUT2D eigenvalue weighted by Gasteiger charge is 1.93. The van der Waals surface area contributed by atoms with Gasteiger partial charge in [-0.1, -0.05) is 0 Å².